The zero-order chi connectivity index (χ0) is 21.5. The molecule has 0 aromatic heterocycles. The van der Waals surface area contributed by atoms with Crippen molar-refractivity contribution in [1.82, 2.24) is 0 Å². The van der Waals surface area contributed by atoms with E-state index >= 15 is 0 Å². The number of carbonyl (C=O) groups excluding carboxylic acids is 2. The fraction of sp³-hybridized carbons (Fsp3) is 0.704. The average molecular weight is 401 g/mol. The van der Waals surface area contributed by atoms with Crippen LogP contribution < -0.4 is 0 Å². The predicted octanol–water partition coefficient (Wildman–Crippen LogP) is 7.93. The Morgan fingerprint density at radius 3 is 1.83 bits per heavy atom. The molecule has 2 heteroatoms. The highest BCUT2D eigenvalue weighted by Crippen LogP contribution is 2.27. The zero-order valence-electron chi connectivity index (χ0n) is 19.5. The van der Waals surface area contributed by atoms with Crippen LogP contribution in [0.25, 0.3) is 0 Å². The normalized spacial score (nSPS) is 22.2. The van der Waals surface area contributed by atoms with Gasteiger partial charge in [0.2, 0.25) is 0 Å². The zero-order valence-corrected chi connectivity index (χ0v) is 19.5. The summed E-state index contributed by atoms with van der Waals surface area (Å²) in [7, 11) is 0. The summed E-state index contributed by atoms with van der Waals surface area (Å²) in [6.07, 6.45) is 23.2. The van der Waals surface area contributed by atoms with Gasteiger partial charge in [-0.1, -0.05) is 69.2 Å². The maximum absolute atomic E-state index is 11.3. The molecular formula is C27H44O2. The second-order valence-corrected chi connectivity index (χ2v) is 9.12. The number of hydrogen-bond acceptors (Lipinski definition) is 2. The Bertz CT molecular complexity index is 579. The van der Waals surface area contributed by atoms with Crippen LogP contribution in [-0.2, 0) is 9.59 Å². The van der Waals surface area contributed by atoms with Gasteiger partial charge in [-0.05, 0) is 76.4 Å². The summed E-state index contributed by atoms with van der Waals surface area (Å²) < 4.78 is 0. The van der Waals surface area contributed by atoms with Crippen LogP contribution in [0.3, 0.4) is 0 Å². The topological polar surface area (TPSA) is 34.1 Å². The second kappa shape index (κ2) is 15.4. The highest BCUT2D eigenvalue weighted by atomic mass is 16.1. The molecule has 0 N–H and O–H groups in total. The molecule has 2 unspecified atom stereocenters. The average Bonchev–Trinajstić information content (AvgIpc) is 2.64. The minimum Gasteiger partial charge on any atom is -0.295 e. The third-order valence-electron chi connectivity index (χ3n) is 5.88. The highest BCUT2D eigenvalue weighted by molar-refractivity contribution is 5.91. The van der Waals surface area contributed by atoms with E-state index in [1.807, 2.05) is 6.08 Å². The summed E-state index contributed by atoms with van der Waals surface area (Å²) in [5.74, 6) is 1.90. The molecule has 0 saturated heterocycles. The van der Waals surface area contributed by atoms with Crippen molar-refractivity contribution in [2.45, 2.75) is 111 Å². The van der Waals surface area contributed by atoms with E-state index in [4.69, 9.17) is 0 Å². The minimum atomic E-state index is 0.318. The minimum absolute atomic E-state index is 0.318. The van der Waals surface area contributed by atoms with Crippen LogP contribution in [0.4, 0.5) is 0 Å². The molecule has 0 heterocycles. The molecular weight excluding hydrogens is 356 g/mol. The molecule has 2 atom stereocenters. The van der Waals surface area contributed by atoms with Crippen molar-refractivity contribution in [1.29, 1.82) is 0 Å². The van der Waals surface area contributed by atoms with Crippen LogP contribution in [0.15, 0.2) is 35.5 Å². The number of hydrogen-bond donors (Lipinski definition) is 0. The Labute approximate surface area is 179 Å². The first-order valence-electron chi connectivity index (χ1n) is 12.0. The van der Waals surface area contributed by atoms with Crippen molar-refractivity contribution in [2.24, 2.45) is 11.8 Å². The lowest BCUT2D eigenvalue weighted by molar-refractivity contribution is -0.116. The van der Waals surface area contributed by atoms with Gasteiger partial charge in [0, 0.05) is 12.8 Å². The molecule has 0 amide bonds. The molecule has 0 bridgehead atoms. The lowest BCUT2D eigenvalue weighted by atomic mass is 9.85. The van der Waals surface area contributed by atoms with E-state index in [9.17, 15) is 9.59 Å². The van der Waals surface area contributed by atoms with E-state index in [1.165, 1.54) is 49.7 Å². The quantitative estimate of drug-likeness (QED) is 0.275. The van der Waals surface area contributed by atoms with E-state index in [2.05, 4.69) is 39.8 Å². The summed E-state index contributed by atoms with van der Waals surface area (Å²) in [5, 5.41) is 0. The van der Waals surface area contributed by atoms with Gasteiger partial charge in [0.05, 0.1) is 0 Å². The first-order chi connectivity index (χ1) is 13.9. The fourth-order valence-electron chi connectivity index (χ4n) is 4.47. The van der Waals surface area contributed by atoms with Crippen molar-refractivity contribution >= 4 is 11.6 Å². The van der Waals surface area contributed by atoms with Gasteiger partial charge in [-0.2, -0.15) is 0 Å². The summed E-state index contributed by atoms with van der Waals surface area (Å²) in [6.45, 7) is 8.54. The first kappa shape index (κ1) is 25.6. The predicted molar refractivity (Wildman–Crippen MR) is 125 cm³/mol. The Morgan fingerprint density at radius 2 is 1.31 bits per heavy atom. The monoisotopic (exact) mass is 400 g/mol. The molecule has 0 fully saturated rings. The van der Waals surface area contributed by atoms with Crippen LogP contribution in [0.1, 0.15) is 111 Å². The van der Waals surface area contributed by atoms with Crippen LogP contribution in [0.5, 0.6) is 0 Å². The Balaban J connectivity index is 0.000000291. The van der Waals surface area contributed by atoms with E-state index in [-0.39, 0.29) is 0 Å². The van der Waals surface area contributed by atoms with Gasteiger partial charge in [0.15, 0.2) is 11.6 Å². The third kappa shape index (κ3) is 12.7. The SMILES string of the molecule is CCC=CCCC1CC(=O)C=C(C)C1.CCCCCCCC1CC(=O)C=C(C)C1. The maximum Gasteiger partial charge on any atom is 0.155 e. The molecule has 0 aromatic carbocycles. The van der Waals surface area contributed by atoms with Crippen molar-refractivity contribution in [3.63, 3.8) is 0 Å². The number of allylic oxidation sites excluding steroid dienone is 6. The molecule has 2 rings (SSSR count). The van der Waals surface area contributed by atoms with Crippen molar-refractivity contribution in [2.75, 3.05) is 0 Å². The van der Waals surface area contributed by atoms with Crippen LogP contribution in [-0.4, -0.2) is 11.6 Å². The third-order valence-corrected chi connectivity index (χ3v) is 5.88. The van der Waals surface area contributed by atoms with Gasteiger partial charge in [-0.25, -0.2) is 0 Å². The molecule has 0 radical (unpaired) electrons. The summed E-state index contributed by atoms with van der Waals surface area (Å²) >= 11 is 0. The molecule has 164 valence electrons. The standard InChI is InChI=1S/C14H24O.C13H20O/c1-3-4-5-6-7-8-13-9-12(2)10-14(15)11-13;1-3-4-5-6-7-12-8-11(2)9-13(14)10-12/h10,13H,3-9,11H2,1-2H3;4-5,9,12H,3,6-8,10H2,1-2H3. The Kier molecular flexibility index (Phi) is 13.6. The van der Waals surface area contributed by atoms with E-state index in [0.29, 0.717) is 23.4 Å². The van der Waals surface area contributed by atoms with E-state index in [1.54, 1.807) is 6.08 Å². The molecule has 2 aliphatic carbocycles. The molecule has 0 aliphatic heterocycles. The van der Waals surface area contributed by atoms with Crippen LogP contribution >= 0.6 is 0 Å². The molecule has 29 heavy (non-hydrogen) atoms. The van der Waals surface area contributed by atoms with Crippen molar-refractivity contribution < 1.29 is 9.59 Å². The van der Waals surface area contributed by atoms with E-state index in [0.717, 1.165) is 44.9 Å². The summed E-state index contributed by atoms with van der Waals surface area (Å²) in [6, 6.07) is 0. The molecule has 2 aliphatic rings. The number of rotatable bonds is 10. The van der Waals surface area contributed by atoms with Gasteiger partial charge in [-0.3, -0.25) is 9.59 Å². The van der Waals surface area contributed by atoms with E-state index < -0.39 is 0 Å². The van der Waals surface area contributed by atoms with Crippen molar-refractivity contribution in [3.05, 3.63) is 35.5 Å². The summed E-state index contributed by atoms with van der Waals surface area (Å²) in [4.78, 5) is 22.6. The van der Waals surface area contributed by atoms with Crippen LogP contribution in [0, 0.1) is 11.8 Å². The first-order valence-corrected chi connectivity index (χ1v) is 12.0. The van der Waals surface area contributed by atoms with Gasteiger partial charge >= 0.3 is 0 Å². The number of carbonyl (C=O) groups is 2. The highest BCUT2D eigenvalue weighted by Gasteiger charge is 2.18. The number of unbranched alkanes of at least 4 members (excludes halogenated alkanes) is 4. The van der Waals surface area contributed by atoms with Gasteiger partial charge in [0.25, 0.3) is 0 Å². The maximum atomic E-state index is 11.3. The van der Waals surface area contributed by atoms with Crippen LogP contribution in [0.2, 0.25) is 0 Å². The Morgan fingerprint density at radius 1 is 0.759 bits per heavy atom. The summed E-state index contributed by atoms with van der Waals surface area (Å²) in [5.41, 5.74) is 2.54. The second-order valence-electron chi connectivity index (χ2n) is 9.12. The van der Waals surface area contributed by atoms with Gasteiger partial charge < -0.3 is 0 Å². The molecule has 0 saturated carbocycles. The Hall–Kier alpha value is -1.44. The number of ketones is 2. The van der Waals surface area contributed by atoms with Gasteiger partial charge in [0.1, 0.15) is 0 Å². The smallest absolute Gasteiger partial charge is 0.155 e. The lowest BCUT2D eigenvalue weighted by Gasteiger charge is -2.19. The van der Waals surface area contributed by atoms with Gasteiger partial charge in [-0.15, -0.1) is 0 Å². The molecule has 0 aromatic rings. The largest absolute Gasteiger partial charge is 0.295 e. The van der Waals surface area contributed by atoms with Crippen molar-refractivity contribution in [3.8, 4) is 0 Å². The lowest BCUT2D eigenvalue weighted by Crippen LogP contribution is -2.13. The fourth-order valence-corrected chi connectivity index (χ4v) is 4.47. The molecule has 2 nitrogen and oxygen atoms in total. The molecule has 0 spiro atoms.